The Bertz CT molecular complexity index is 662. The minimum absolute atomic E-state index is 0.274. The molecule has 0 bridgehead atoms. The molecule has 130 valence electrons. The fraction of sp³-hybridized carbons (Fsp3) is 0.636. The molecule has 1 saturated carbocycles. The van der Waals surface area contributed by atoms with Gasteiger partial charge < -0.3 is 10.2 Å². The van der Waals surface area contributed by atoms with Crippen molar-refractivity contribution in [1.29, 1.82) is 0 Å². The molecule has 1 aromatic carbocycles. The third kappa shape index (κ3) is 2.34. The lowest BCUT2D eigenvalue weighted by molar-refractivity contribution is 0.0258. The van der Waals surface area contributed by atoms with E-state index in [0.717, 1.165) is 12.0 Å². The quantitative estimate of drug-likeness (QED) is 0.723. The molecule has 1 fully saturated rings. The summed E-state index contributed by atoms with van der Waals surface area (Å²) in [6, 6.07) is 5.64. The SMILES string of the molecule is CCCCC1=CCC2C3CC(O)c4cc(O)ccc4C3CCC12C. The van der Waals surface area contributed by atoms with Gasteiger partial charge in [-0.05, 0) is 85.0 Å². The Morgan fingerprint density at radius 3 is 2.88 bits per heavy atom. The molecule has 1 aromatic rings. The minimum atomic E-state index is -0.421. The lowest BCUT2D eigenvalue weighted by Crippen LogP contribution is -2.42. The second-order valence-electron chi connectivity index (χ2n) is 8.47. The Morgan fingerprint density at radius 2 is 2.08 bits per heavy atom. The van der Waals surface area contributed by atoms with Gasteiger partial charge in [0.15, 0.2) is 0 Å². The summed E-state index contributed by atoms with van der Waals surface area (Å²) in [5, 5.41) is 20.5. The van der Waals surface area contributed by atoms with E-state index in [2.05, 4.69) is 26.0 Å². The van der Waals surface area contributed by atoms with Crippen LogP contribution in [0.15, 0.2) is 29.8 Å². The normalized spacial score (nSPS) is 37.4. The topological polar surface area (TPSA) is 40.5 Å². The Labute approximate surface area is 145 Å². The van der Waals surface area contributed by atoms with Crippen molar-refractivity contribution in [3.05, 3.63) is 41.0 Å². The molecule has 2 N–H and O–H groups in total. The van der Waals surface area contributed by atoms with Crippen LogP contribution < -0.4 is 0 Å². The van der Waals surface area contributed by atoms with Crippen LogP contribution in [-0.4, -0.2) is 10.2 Å². The first kappa shape index (κ1) is 16.2. The van der Waals surface area contributed by atoms with E-state index in [1.54, 1.807) is 17.7 Å². The van der Waals surface area contributed by atoms with E-state index >= 15 is 0 Å². The van der Waals surface area contributed by atoms with Gasteiger partial charge in [0.05, 0.1) is 6.10 Å². The molecule has 2 heteroatoms. The summed E-state index contributed by atoms with van der Waals surface area (Å²) in [6.07, 6.45) is 10.5. The first-order valence-electron chi connectivity index (χ1n) is 9.75. The van der Waals surface area contributed by atoms with Crippen LogP contribution in [0, 0.1) is 17.3 Å². The summed E-state index contributed by atoms with van der Waals surface area (Å²) in [7, 11) is 0. The van der Waals surface area contributed by atoms with Gasteiger partial charge in [0.2, 0.25) is 0 Å². The van der Waals surface area contributed by atoms with Gasteiger partial charge in [0, 0.05) is 0 Å². The molecule has 4 rings (SSSR count). The first-order valence-corrected chi connectivity index (χ1v) is 9.75. The van der Waals surface area contributed by atoms with Gasteiger partial charge >= 0.3 is 0 Å². The molecule has 3 aliphatic carbocycles. The summed E-state index contributed by atoms with van der Waals surface area (Å²) in [4.78, 5) is 0. The van der Waals surface area contributed by atoms with Crippen molar-refractivity contribution in [1.82, 2.24) is 0 Å². The van der Waals surface area contributed by atoms with E-state index in [1.807, 2.05) is 0 Å². The molecule has 0 amide bonds. The second-order valence-corrected chi connectivity index (χ2v) is 8.47. The van der Waals surface area contributed by atoms with Gasteiger partial charge in [0.1, 0.15) is 5.75 Å². The molecular formula is C22H30O2. The first-order chi connectivity index (χ1) is 11.5. The highest BCUT2D eigenvalue weighted by atomic mass is 16.3. The average Bonchev–Trinajstić information content (AvgIpc) is 2.90. The summed E-state index contributed by atoms with van der Waals surface area (Å²) in [5.74, 6) is 2.09. The Morgan fingerprint density at radius 1 is 1.25 bits per heavy atom. The summed E-state index contributed by atoms with van der Waals surface area (Å²) < 4.78 is 0. The van der Waals surface area contributed by atoms with Gasteiger partial charge in [0.25, 0.3) is 0 Å². The lowest BCUT2D eigenvalue weighted by atomic mass is 9.53. The van der Waals surface area contributed by atoms with E-state index in [4.69, 9.17) is 0 Å². The van der Waals surface area contributed by atoms with Crippen molar-refractivity contribution >= 4 is 0 Å². The van der Waals surface area contributed by atoms with Crippen LogP contribution >= 0.6 is 0 Å². The predicted octanol–water partition coefficient (Wildman–Crippen LogP) is 5.47. The largest absolute Gasteiger partial charge is 0.508 e. The maximum atomic E-state index is 10.7. The second kappa shape index (κ2) is 5.91. The average molecular weight is 326 g/mol. The number of hydrogen-bond donors (Lipinski definition) is 2. The third-order valence-corrected chi connectivity index (χ3v) is 7.30. The van der Waals surface area contributed by atoms with E-state index in [-0.39, 0.29) is 5.75 Å². The van der Waals surface area contributed by atoms with Crippen LogP contribution in [0.4, 0.5) is 0 Å². The highest BCUT2D eigenvalue weighted by Crippen LogP contribution is 2.62. The number of phenols is 1. The minimum Gasteiger partial charge on any atom is -0.508 e. The number of aliphatic hydroxyl groups is 1. The monoisotopic (exact) mass is 326 g/mol. The smallest absolute Gasteiger partial charge is 0.115 e. The van der Waals surface area contributed by atoms with Crippen LogP contribution in [0.25, 0.3) is 0 Å². The zero-order valence-corrected chi connectivity index (χ0v) is 15.0. The lowest BCUT2D eigenvalue weighted by Gasteiger charge is -2.51. The molecule has 0 radical (unpaired) electrons. The number of aliphatic hydroxyl groups excluding tert-OH is 1. The van der Waals surface area contributed by atoms with E-state index in [1.165, 1.54) is 44.1 Å². The molecule has 0 spiro atoms. The van der Waals surface area contributed by atoms with E-state index < -0.39 is 6.10 Å². The zero-order chi connectivity index (χ0) is 16.9. The number of rotatable bonds is 3. The predicted molar refractivity (Wildman–Crippen MR) is 97.0 cm³/mol. The van der Waals surface area contributed by atoms with Gasteiger partial charge in [-0.1, -0.05) is 38.0 Å². The number of unbranched alkanes of at least 4 members (excludes halogenated alkanes) is 1. The van der Waals surface area contributed by atoms with Crippen molar-refractivity contribution in [2.45, 2.75) is 70.8 Å². The highest BCUT2D eigenvalue weighted by molar-refractivity contribution is 5.42. The number of phenolic OH excluding ortho intramolecular Hbond substituents is 1. The fourth-order valence-electron chi connectivity index (χ4n) is 5.99. The van der Waals surface area contributed by atoms with E-state index in [0.29, 0.717) is 23.2 Å². The molecule has 5 unspecified atom stereocenters. The molecule has 0 saturated heterocycles. The van der Waals surface area contributed by atoms with Crippen molar-refractivity contribution in [3.8, 4) is 5.75 Å². The van der Waals surface area contributed by atoms with Crippen molar-refractivity contribution < 1.29 is 10.2 Å². The number of hydrogen-bond acceptors (Lipinski definition) is 2. The van der Waals surface area contributed by atoms with E-state index in [9.17, 15) is 10.2 Å². The standard InChI is InChI=1S/C22H30O2/c1-3-4-5-14-6-9-20-18-13-21(24)19-12-15(23)7-8-16(19)17(18)10-11-22(14,20)2/h6-8,12,17-18,20-21,23-24H,3-5,9-11,13H2,1-2H3. The summed E-state index contributed by atoms with van der Waals surface area (Å²) in [6.45, 7) is 4.76. The van der Waals surface area contributed by atoms with Crippen molar-refractivity contribution in [2.24, 2.45) is 17.3 Å². The molecule has 0 aromatic heterocycles. The molecule has 0 aliphatic heterocycles. The van der Waals surface area contributed by atoms with Gasteiger partial charge in [-0.2, -0.15) is 0 Å². The maximum absolute atomic E-state index is 10.7. The summed E-state index contributed by atoms with van der Waals surface area (Å²) >= 11 is 0. The highest BCUT2D eigenvalue weighted by Gasteiger charge is 2.52. The molecule has 24 heavy (non-hydrogen) atoms. The molecule has 3 aliphatic rings. The number of allylic oxidation sites excluding steroid dienone is 2. The molecule has 5 atom stereocenters. The van der Waals surface area contributed by atoms with Crippen molar-refractivity contribution in [3.63, 3.8) is 0 Å². The van der Waals surface area contributed by atoms with Gasteiger partial charge in [-0.25, -0.2) is 0 Å². The van der Waals surface area contributed by atoms with Gasteiger partial charge in [-0.3, -0.25) is 0 Å². The maximum Gasteiger partial charge on any atom is 0.115 e. The molecule has 0 heterocycles. The number of benzene rings is 1. The fourth-order valence-corrected chi connectivity index (χ4v) is 5.99. The Kier molecular flexibility index (Phi) is 3.99. The van der Waals surface area contributed by atoms with Crippen molar-refractivity contribution in [2.75, 3.05) is 0 Å². The summed E-state index contributed by atoms with van der Waals surface area (Å²) in [5.41, 5.74) is 4.31. The molecule has 2 nitrogen and oxygen atoms in total. The van der Waals surface area contributed by atoms with Crippen LogP contribution in [0.2, 0.25) is 0 Å². The number of fused-ring (bicyclic) bond motifs is 5. The third-order valence-electron chi connectivity index (χ3n) is 7.30. The Balaban J connectivity index is 1.64. The van der Waals surface area contributed by atoms with Gasteiger partial charge in [-0.15, -0.1) is 0 Å². The van der Waals surface area contributed by atoms with Crippen LogP contribution in [0.3, 0.4) is 0 Å². The Hall–Kier alpha value is -1.28. The number of aromatic hydroxyl groups is 1. The zero-order valence-electron chi connectivity index (χ0n) is 15.0. The van der Waals surface area contributed by atoms with Crippen LogP contribution in [0.1, 0.15) is 81.9 Å². The van der Waals surface area contributed by atoms with Crippen LogP contribution in [-0.2, 0) is 0 Å². The molecular weight excluding hydrogens is 296 g/mol. The van der Waals surface area contributed by atoms with Crippen LogP contribution in [0.5, 0.6) is 5.75 Å².